The molecule has 1 heterocycles. The molecular weight excluding hydrogens is 412 g/mol. The third-order valence-corrected chi connectivity index (χ3v) is 5.45. The van der Waals surface area contributed by atoms with Gasteiger partial charge >= 0.3 is 0 Å². The Morgan fingerprint density at radius 2 is 1.67 bits per heavy atom. The highest BCUT2D eigenvalue weighted by Crippen LogP contribution is 2.27. The summed E-state index contributed by atoms with van der Waals surface area (Å²) in [6.45, 7) is 12.3. The second kappa shape index (κ2) is 10.0. The Morgan fingerprint density at radius 3 is 2.27 bits per heavy atom. The lowest BCUT2D eigenvalue weighted by Crippen LogP contribution is -2.39. The summed E-state index contributed by atoms with van der Waals surface area (Å²) in [6, 6.07) is 19.6. The predicted octanol–water partition coefficient (Wildman–Crippen LogP) is 5.10. The van der Waals surface area contributed by atoms with Crippen molar-refractivity contribution >= 4 is 17.6 Å². The normalized spacial score (nSPS) is 11.5. The van der Waals surface area contributed by atoms with E-state index in [1.807, 2.05) is 81.4 Å². The monoisotopic (exact) mass is 446 g/mol. The highest BCUT2D eigenvalue weighted by atomic mass is 16.2. The summed E-state index contributed by atoms with van der Waals surface area (Å²) in [7, 11) is 0. The molecule has 3 aromatic rings. The van der Waals surface area contributed by atoms with Gasteiger partial charge in [-0.2, -0.15) is 5.10 Å². The molecule has 6 heteroatoms. The molecule has 0 bridgehead atoms. The number of nitrogens with one attached hydrogen (secondary N) is 1. The van der Waals surface area contributed by atoms with Gasteiger partial charge < -0.3 is 10.2 Å². The SMILES string of the molecule is Cc1ccccc1-n1nc(C(C)(C)C)cc1NC(=O)CN(Cc1ccccc1)C(=O)C(C)C. The number of carbonyl (C=O) groups is 2. The van der Waals surface area contributed by atoms with Crippen LogP contribution < -0.4 is 5.32 Å². The Labute approximate surface area is 196 Å². The van der Waals surface area contributed by atoms with Crippen LogP contribution in [0.3, 0.4) is 0 Å². The van der Waals surface area contributed by atoms with Gasteiger partial charge in [-0.25, -0.2) is 4.68 Å². The van der Waals surface area contributed by atoms with Gasteiger partial charge in [-0.15, -0.1) is 0 Å². The van der Waals surface area contributed by atoms with Gasteiger partial charge in [-0.3, -0.25) is 9.59 Å². The molecule has 3 rings (SSSR count). The molecule has 33 heavy (non-hydrogen) atoms. The Bertz CT molecular complexity index is 1110. The van der Waals surface area contributed by atoms with Crippen molar-refractivity contribution in [3.8, 4) is 5.69 Å². The number of aryl methyl sites for hydroxylation is 1. The Kier molecular flexibility index (Phi) is 7.36. The summed E-state index contributed by atoms with van der Waals surface area (Å²) < 4.78 is 1.78. The lowest BCUT2D eigenvalue weighted by atomic mass is 9.92. The molecule has 0 radical (unpaired) electrons. The Morgan fingerprint density at radius 1 is 1.03 bits per heavy atom. The van der Waals surface area contributed by atoms with E-state index < -0.39 is 0 Å². The van der Waals surface area contributed by atoms with Gasteiger partial charge in [-0.05, 0) is 24.1 Å². The molecule has 6 nitrogen and oxygen atoms in total. The number of para-hydroxylation sites is 1. The minimum Gasteiger partial charge on any atom is -0.329 e. The molecule has 0 aliphatic carbocycles. The van der Waals surface area contributed by atoms with Gasteiger partial charge in [0.2, 0.25) is 11.8 Å². The van der Waals surface area contributed by atoms with Crippen LogP contribution >= 0.6 is 0 Å². The lowest BCUT2D eigenvalue weighted by Gasteiger charge is -2.24. The maximum Gasteiger partial charge on any atom is 0.245 e. The molecule has 0 saturated carbocycles. The van der Waals surface area contributed by atoms with E-state index in [0.717, 1.165) is 22.5 Å². The molecule has 2 amide bonds. The first-order valence-electron chi connectivity index (χ1n) is 11.4. The van der Waals surface area contributed by atoms with Gasteiger partial charge in [0.1, 0.15) is 12.4 Å². The van der Waals surface area contributed by atoms with Crippen molar-refractivity contribution in [3.05, 3.63) is 77.5 Å². The number of rotatable bonds is 7. The zero-order valence-electron chi connectivity index (χ0n) is 20.4. The molecule has 0 fully saturated rings. The number of anilines is 1. The van der Waals surface area contributed by atoms with Crippen molar-refractivity contribution in [1.29, 1.82) is 0 Å². The molecule has 1 N–H and O–H groups in total. The molecule has 1 aromatic heterocycles. The standard InChI is InChI=1S/C27H34N4O2/c1-19(2)26(33)30(17-21-13-8-7-9-14-21)18-25(32)28-24-16-23(27(4,5)6)29-31(24)22-15-11-10-12-20(22)3/h7-16,19H,17-18H2,1-6H3,(H,28,32). The van der Waals surface area contributed by atoms with Crippen molar-refractivity contribution in [1.82, 2.24) is 14.7 Å². The van der Waals surface area contributed by atoms with E-state index >= 15 is 0 Å². The minimum absolute atomic E-state index is 0.0320. The highest BCUT2D eigenvalue weighted by Gasteiger charge is 2.24. The van der Waals surface area contributed by atoms with Gasteiger partial charge in [0.15, 0.2) is 0 Å². The van der Waals surface area contributed by atoms with Crippen LogP contribution in [0, 0.1) is 12.8 Å². The van der Waals surface area contributed by atoms with E-state index in [9.17, 15) is 9.59 Å². The van der Waals surface area contributed by atoms with Gasteiger partial charge in [0, 0.05) is 23.9 Å². The van der Waals surface area contributed by atoms with E-state index in [-0.39, 0.29) is 29.7 Å². The summed E-state index contributed by atoms with van der Waals surface area (Å²) in [5.41, 5.74) is 3.64. The van der Waals surface area contributed by atoms with E-state index in [1.54, 1.807) is 9.58 Å². The van der Waals surface area contributed by atoms with Crippen molar-refractivity contribution in [2.45, 2.75) is 53.5 Å². The molecule has 0 unspecified atom stereocenters. The van der Waals surface area contributed by atoms with Crippen molar-refractivity contribution in [2.24, 2.45) is 5.92 Å². The number of nitrogens with zero attached hydrogens (tertiary/aromatic N) is 3. The molecule has 0 aliphatic heterocycles. The maximum atomic E-state index is 13.1. The fraction of sp³-hybridized carbons (Fsp3) is 0.370. The second-order valence-corrected chi connectivity index (χ2v) is 9.75. The first-order chi connectivity index (χ1) is 15.6. The molecule has 0 saturated heterocycles. The number of hydrogen-bond donors (Lipinski definition) is 1. The summed E-state index contributed by atoms with van der Waals surface area (Å²) >= 11 is 0. The summed E-state index contributed by atoms with van der Waals surface area (Å²) in [6.07, 6.45) is 0. The van der Waals surface area contributed by atoms with Gasteiger partial charge in [0.25, 0.3) is 0 Å². The number of benzene rings is 2. The Balaban J connectivity index is 1.88. The topological polar surface area (TPSA) is 67.2 Å². The fourth-order valence-electron chi connectivity index (χ4n) is 3.56. The van der Waals surface area contributed by atoms with E-state index in [4.69, 9.17) is 5.10 Å². The average molecular weight is 447 g/mol. The van der Waals surface area contributed by atoms with Crippen molar-refractivity contribution in [3.63, 3.8) is 0 Å². The van der Waals surface area contributed by atoms with E-state index in [0.29, 0.717) is 12.4 Å². The minimum atomic E-state index is -0.255. The Hall–Kier alpha value is -3.41. The molecule has 174 valence electrons. The van der Waals surface area contributed by atoms with Crippen LogP contribution in [0.15, 0.2) is 60.7 Å². The number of hydrogen-bond acceptors (Lipinski definition) is 3. The highest BCUT2D eigenvalue weighted by molar-refractivity contribution is 5.94. The van der Waals surface area contributed by atoms with E-state index in [1.165, 1.54) is 0 Å². The summed E-state index contributed by atoms with van der Waals surface area (Å²) in [4.78, 5) is 27.6. The first-order valence-corrected chi connectivity index (χ1v) is 11.4. The van der Waals surface area contributed by atoms with Crippen LogP contribution in [0.25, 0.3) is 5.69 Å². The maximum absolute atomic E-state index is 13.1. The number of carbonyl (C=O) groups excluding carboxylic acids is 2. The van der Waals surface area contributed by atoms with Crippen LogP contribution in [0.1, 0.15) is 51.4 Å². The summed E-state index contributed by atoms with van der Waals surface area (Å²) in [5.74, 6) is 0.0781. The number of aromatic nitrogens is 2. The quantitative estimate of drug-likeness (QED) is 0.549. The first kappa shape index (κ1) is 24.2. The third-order valence-electron chi connectivity index (χ3n) is 5.45. The lowest BCUT2D eigenvalue weighted by molar-refractivity contribution is -0.138. The average Bonchev–Trinajstić information content (AvgIpc) is 3.17. The van der Waals surface area contributed by atoms with Gasteiger partial charge in [-0.1, -0.05) is 83.1 Å². The van der Waals surface area contributed by atoms with Crippen LogP contribution in [-0.4, -0.2) is 33.0 Å². The molecule has 0 atom stereocenters. The fourth-order valence-corrected chi connectivity index (χ4v) is 3.56. The molecule has 0 spiro atoms. The predicted molar refractivity (Wildman–Crippen MR) is 132 cm³/mol. The van der Waals surface area contributed by atoms with E-state index in [2.05, 4.69) is 26.1 Å². The second-order valence-electron chi connectivity index (χ2n) is 9.75. The van der Waals surface area contributed by atoms with Crippen LogP contribution in [0.4, 0.5) is 5.82 Å². The van der Waals surface area contributed by atoms with Crippen molar-refractivity contribution < 1.29 is 9.59 Å². The van der Waals surface area contributed by atoms with Crippen LogP contribution in [0.2, 0.25) is 0 Å². The smallest absolute Gasteiger partial charge is 0.245 e. The summed E-state index contributed by atoms with van der Waals surface area (Å²) in [5, 5.41) is 7.80. The van der Waals surface area contributed by atoms with Crippen LogP contribution in [-0.2, 0) is 21.5 Å². The van der Waals surface area contributed by atoms with Gasteiger partial charge in [0.05, 0.1) is 11.4 Å². The molecular formula is C27H34N4O2. The van der Waals surface area contributed by atoms with Crippen molar-refractivity contribution in [2.75, 3.05) is 11.9 Å². The van der Waals surface area contributed by atoms with Crippen LogP contribution in [0.5, 0.6) is 0 Å². The number of amides is 2. The zero-order chi connectivity index (χ0) is 24.2. The largest absolute Gasteiger partial charge is 0.329 e. The third kappa shape index (κ3) is 6.09. The molecule has 2 aromatic carbocycles. The zero-order valence-corrected chi connectivity index (χ0v) is 20.4. The molecule has 0 aliphatic rings.